The van der Waals surface area contributed by atoms with Crippen LogP contribution in [0, 0.1) is 11.8 Å². The number of ether oxygens (including phenoxy) is 2. The van der Waals surface area contributed by atoms with E-state index in [4.69, 9.17) is 15.3 Å². The Balaban J connectivity index is 1.58. The molecule has 0 aromatic carbocycles. The lowest BCUT2D eigenvalue weighted by Gasteiger charge is -2.45. The van der Waals surface area contributed by atoms with Gasteiger partial charge in [0.2, 0.25) is 0 Å². The van der Waals surface area contributed by atoms with Crippen molar-refractivity contribution in [1.29, 1.82) is 0 Å². The van der Waals surface area contributed by atoms with Crippen LogP contribution in [0.1, 0.15) is 57.8 Å². The molecule has 3 aliphatic rings. The van der Waals surface area contributed by atoms with E-state index in [1.54, 1.807) is 0 Å². The van der Waals surface area contributed by atoms with Crippen molar-refractivity contribution in [3.63, 3.8) is 0 Å². The van der Waals surface area contributed by atoms with Gasteiger partial charge in [-0.1, -0.05) is 25.7 Å². The topological polar surface area (TPSA) is 56.5 Å². The largest absolute Gasteiger partial charge is 0.381 e. The van der Waals surface area contributed by atoms with Gasteiger partial charge in [-0.2, -0.15) is 0 Å². The Morgan fingerprint density at radius 3 is 2.55 bits per heavy atom. The van der Waals surface area contributed by atoms with Gasteiger partial charge in [-0.3, -0.25) is 11.3 Å². The smallest absolute Gasteiger partial charge is 0.0729 e. The molecule has 4 heteroatoms. The van der Waals surface area contributed by atoms with Crippen LogP contribution in [0.4, 0.5) is 0 Å². The molecule has 0 amide bonds. The van der Waals surface area contributed by atoms with Crippen LogP contribution in [0.5, 0.6) is 0 Å². The summed E-state index contributed by atoms with van der Waals surface area (Å²) in [7, 11) is 0. The third kappa shape index (κ3) is 3.35. The second-order valence-electron chi connectivity index (χ2n) is 7.06. The van der Waals surface area contributed by atoms with E-state index < -0.39 is 0 Å². The zero-order valence-electron chi connectivity index (χ0n) is 12.6. The highest BCUT2D eigenvalue weighted by molar-refractivity contribution is 4.93. The molecule has 20 heavy (non-hydrogen) atoms. The fourth-order valence-corrected chi connectivity index (χ4v) is 4.50. The van der Waals surface area contributed by atoms with Gasteiger partial charge >= 0.3 is 0 Å². The van der Waals surface area contributed by atoms with Gasteiger partial charge < -0.3 is 9.47 Å². The molecule has 0 radical (unpaired) electrons. The van der Waals surface area contributed by atoms with Crippen LogP contribution in [0.15, 0.2) is 0 Å². The van der Waals surface area contributed by atoms with E-state index in [1.165, 1.54) is 32.1 Å². The Morgan fingerprint density at radius 2 is 1.85 bits per heavy atom. The number of nitrogens with one attached hydrogen (secondary N) is 1. The molecule has 2 saturated heterocycles. The van der Waals surface area contributed by atoms with Crippen molar-refractivity contribution < 1.29 is 9.47 Å². The van der Waals surface area contributed by atoms with Gasteiger partial charge in [-0.05, 0) is 43.9 Å². The van der Waals surface area contributed by atoms with Crippen LogP contribution in [-0.4, -0.2) is 31.5 Å². The average molecular weight is 282 g/mol. The summed E-state index contributed by atoms with van der Waals surface area (Å²) in [6.45, 7) is 2.61. The van der Waals surface area contributed by atoms with Crippen molar-refractivity contribution in [3.05, 3.63) is 0 Å². The van der Waals surface area contributed by atoms with Gasteiger partial charge in [-0.25, -0.2) is 0 Å². The first kappa shape index (κ1) is 14.8. The Hall–Kier alpha value is -0.160. The summed E-state index contributed by atoms with van der Waals surface area (Å²) >= 11 is 0. The minimum Gasteiger partial charge on any atom is -0.381 e. The molecule has 3 rings (SSSR count). The fourth-order valence-electron chi connectivity index (χ4n) is 4.50. The zero-order valence-corrected chi connectivity index (χ0v) is 12.6. The first-order valence-corrected chi connectivity index (χ1v) is 8.49. The van der Waals surface area contributed by atoms with Crippen LogP contribution >= 0.6 is 0 Å². The van der Waals surface area contributed by atoms with E-state index in [9.17, 15) is 0 Å². The zero-order chi connectivity index (χ0) is 13.8. The molecule has 1 spiro atoms. The minimum absolute atomic E-state index is 0.0892. The second-order valence-corrected chi connectivity index (χ2v) is 7.06. The van der Waals surface area contributed by atoms with E-state index in [0.29, 0.717) is 12.0 Å². The van der Waals surface area contributed by atoms with Crippen LogP contribution in [-0.2, 0) is 9.47 Å². The van der Waals surface area contributed by atoms with Gasteiger partial charge in [0.1, 0.15) is 0 Å². The highest BCUT2D eigenvalue weighted by Gasteiger charge is 2.41. The van der Waals surface area contributed by atoms with E-state index in [2.05, 4.69) is 5.43 Å². The summed E-state index contributed by atoms with van der Waals surface area (Å²) in [6, 6.07) is 0.474. The second kappa shape index (κ2) is 6.73. The molecule has 116 valence electrons. The predicted octanol–water partition coefficient (Wildman–Crippen LogP) is 2.37. The predicted molar refractivity (Wildman–Crippen MR) is 79.1 cm³/mol. The molecular formula is C16H30N2O2. The number of rotatable bonds is 4. The van der Waals surface area contributed by atoms with Gasteiger partial charge in [0, 0.05) is 25.9 Å². The minimum atomic E-state index is 0.0892. The van der Waals surface area contributed by atoms with Crippen LogP contribution < -0.4 is 11.3 Å². The molecule has 2 atom stereocenters. The molecule has 3 fully saturated rings. The lowest BCUT2D eigenvalue weighted by atomic mass is 9.76. The number of hydrazine groups is 1. The van der Waals surface area contributed by atoms with Gasteiger partial charge in [0.15, 0.2) is 0 Å². The maximum atomic E-state index is 6.15. The Labute approximate surface area is 122 Å². The third-order valence-electron chi connectivity index (χ3n) is 5.78. The quantitative estimate of drug-likeness (QED) is 0.614. The van der Waals surface area contributed by atoms with Crippen molar-refractivity contribution >= 4 is 0 Å². The van der Waals surface area contributed by atoms with E-state index >= 15 is 0 Å². The molecule has 1 aliphatic carbocycles. The maximum absolute atomic E-state index is 6.15. The summed E-state index contributed by atoms with van der Waals surface area (Å²) in [5.41, 5.74) is 3.22. The monoisotopic (exact) mass is 282 g/mol. The molecule has 4 nitrogen and oxygen atoms in total. The third-order valence-corrected chi connectivity index (χ3v) is 5.78. The number of hydrogen-bond donors (Lipinski definition) is 2. The summed E-state index contributed by atoms with van der Waals surface area (Å²) in [6.07, 6.45) is 11.3. The molecule has 1 saturated carbocycles. The molecule has 2 unspecified atom stereocenters. The van der Waals surface area contributed by atoms with Crippen molar-refractivity contribution in [2.75, 3.05) is 19.8 Å². The van der Waals surface area contributed by atoms with E-state index in [0.717, 1.165) is 51.4 Å². The summed E-state index contributed by atoms with van der Waals surface area (Å²) in [4.78, 5) is 0. The van der Waals surface area contributed by atoms with Crippen molar-refractivity contribution in [2.24, 2.45) is 17.7 Å². The summed E-state index contributed by atoms with van der Waals surface area (Å²) < 4.78 is 11.7. The van der Waals surface area contributed by atoms with Gasteiger partial charge in [0.25, 0.3) is 0 Å². The van der Waals surface area contributed by atoms with Crippen molar-refractivity contribution in [3.8, 4) is 0 Å². The molecule has 2 aliphatic heterocycles. The molecular weight excluding hydrogens is 252 g/mol. The van der Waals surface area contributed by atoms with Crippen LogP contribution in [0.25, 0.3) is 0 Å². The van der Waals surface area contributed by atoms with Gasteiger partial charge in [0.05, 0.1) is 5.60 Å². The standard InChI is InChI=1S/C16H30N2O2/c17-18-15(11-13-3-1-2-4-13)14-5-8-20-16(12-14)6-9-19-10-7-16/h13-15,18H,1-12,17H2. The highest BCUT2D eigenvalue weighted by Crippen LogP contribution is 2.40. The van der Waals surface area contributed by atoms with E-state index in [1.807, 2.05) is 0 Å². The maximum Gasteiger partial charge on any atom is 0.0729 e. The van der Waals surface area contributed by atoms with Crippen LogP contribution in [0.3, 0.4) is 0 Å². The lowest BCUT2D eigenvalue weighted by Crippen LogP contribution is -2.51. The normalized spacial score (nSPS) is 32.5. The average Bonchev–Trinajstić information content (AvgIpc) is 2.98. The Morgan fingerprint density at radius 1 is 1.10 bits per heavy atom. The Bertz CT molecular complexity index is 293. The number of nitrogens with two attached hydrogens (primary N) is 1. The molecule has 0 bridgehead atoms. The molecule has 0 aromatic rings. The summed E-state index contributed by atoms with van der Waals surface area (Å²) in [5.74, 6) is 7.45. The molecule has 0 aromatic heterocycles. The summed E-state index contributed by atoms with van der Waals surface area (Å²) in [5, 5.41) is 0. The van der Waals surface area contributed by atoms with Crippen LogP contribution in [0.2, 0.25) is 0 Å². The van der Waals surface area contributed by atoms with E-state index in [-0.39, 0.29) is 5.60 Å². The first-order valence-electron chi connectivity index (χ1n) is 8.49. The first-order chi connectivity index (χ1) is 9.81. The van der Waals surface area contributed by atoms with Gasteiger partial charge in [-0.15, -0.1) is 0 Å². The van der Waals surface area contributed by atoms with Crippen molar-refractivity contribution in [1.82, 2.24) is 5.43 Å². The Kier molecular flexibility index (Phi) is 4.97. The fraction of sp³-hybridized carbons (Fsp3) is 1.00. The lowest BCUT2D eigenvalue weighted by molar-refractivity contribution is -0.150. The van der Waals surface area contributed by atoms with Crippen molar-refractivity contribution in [2.45, 2.75) is 69.4 Å². The SMILES string of the molecule is NNC(CC1CCCC1)C1CCOC2(CCOCC2)C1. The number of hydrogen-bond acceptors (Lipinski definition) is 4. The highest BCUT2D eigenvalue weighted by atomic mass is 16.5. The molecule has 2 heterocycles. The molecule has 3 N–H and O–H groups in total.